The van der Waals surface area contributed by atoms with E-state index in [0.29, 0.717) is 12.5 Å². The van der Waals surface area contributed by atoms with Crippen LogP contribution in [0.15, 0.2) is 0 Å². The van der Waals surface area contributed by atoms with Gasteiger partial charge in [-0.05, 0) is 6.92 Å². The Hall–Kier alpha value is 0.630. The first kappa shape index (κ1) is 8.72. The summed E-state index contributed by atoms with van der Waals surface area (Å²) in [6.45, 7) is 4.39. The van der Waals surface area contributed by atoms with E-state index in [-0.39, 0.29) is 6.10 Å². The molecule has 0 saturated carbocycles. The van der Waals surface area contributed by atoms with Gasteiger partial charge in [0, 0.05) is 21.4 Å². The Morgan fingerprint density at radius 3 is 2.60 bits per heavy atom. The van der Waals surface area contributed by atoms with Gasteiger partial charge in [0.15, 0.2) is 0 Å². The van der Waals surface area contributed by atoms with E-state index < -0.39 is 6.30 Å². The highest BCUT2D eigenvalue weighted by molar-refractivity contribution is 9.39. The second-order valence-electron chi connectivity index (χ2n) is 2.51. The molecule has 5 heteroatoms. The van der Waals surface area contributed by atoms with E-state index in [0.717, 1.165) is 0 Å². The van der Waals surface area contributed by atoms with Gasteiger partial charge in [0.1, 0.15) is 0 Å². The lowest BCUT2D eigenvalue weighted by molar-refractivity contribution is 0.0556. The summed E-state index contributed by atoms with van der Waals surface area (Å²) < 4.78 is 21.0. The summed E-state index contributed by atoms with van der Waals surface area (Å²) in [5.41, 5.74) is 0. The molecule has 1 heterocycles. The third-order valence-corrected chi connectivity index (χ3v) is 3.74. The third kappa shape index (κ3) is 2.06. The summed E-state index contributed by atoms with van der Waals surface area (Å²) in [4.78, 5) is 0. The third-order valence-electron chi connectivity index (χ3n) is 1.59. The van der Waals surface area contributed by atoms with Crippen molar-refractivity contribution in [2.75, 3.05) is 6.61 Å². The quantitative estimate of drug-likeness (QED) is 0.598. The van der Waals surface area contributed by atoms with Crippen molar-refractivity contribution in [2.24, 2.45) is 5.92 Å². The van der Waals surface area contributed by atoms with Crippen LogP contribution >= 0.6 is 21.8 Å². The van der Waals surface area contributed by atoms with Crippen molar-refractivity contribution in [3.63, 3.8) is 0 Å². The average Bonchev–Trinajstić information content (AvgIpc) is 1.79. The van der Waals surface area contributed by atoms with Crippen molar-refractivity contribution in [3.05, 3.63) is 0 Å². The average molecular weight is 229 g/mol. The molecule has 0 aromatic heterocycles. The predicted octanol–water partition coefficient (Wildman–Crippen LogP) is 2.56. The fourth-order valence-corrected chi connectivity index (χ4v) is 2.90. The molecule has 0 spiro atoms. The van der Waals surface area contributed by atoms with Crippen molar-refractivity contribution in [3.8, 4) is 0 Å². The number of hydrogen-bond donors (Lipinski definition) is 0. The van der Waals surface area contributed by atoms with Crippen LogP contribution < -0.4 is 0 Å². The summed E-state index contributed by atoms with van der Waals surface area (Å²) in [6.07, 6.45) is -2.85. The molecule has 0 aromatic carbocycles. The van der Waals surface area contributed by atoms with Gasteiger partial charge in [0.25, 0.3) is 0 Å². The molecule has 3 atom stereocenters. The van der Waals surface area contributed by atoms with Crippen LogP contribution in [0.25, 0.3) is 0 Å². The van der Waals surface area contributed by atoms with E-state index in [1.165, 1.54) is 0 Å². The van der Waals surface area contributed by atoms with E-state index in [1.54, 1.807) is 0 Å². The molecule has 1 fully saturated rings. The molecule has 1 aliphatic heterocycles. The van der Waals surface area contributed by atoms with E-state index >= 15 is 0 Å². The maximum absolute atomic E-state index is 11.1. The van der Waals surface area contributed by atoms with Crippen molar-refractivity contribution < 1.29 is 13.6 Å². The molecule has 0 bridgehead atoms. The monoisotopic (exact) mass is 228 g/mol. The van der Waals surface area contributed by atoms with Gasteiger partial charge in [0.2, 0.25) is 0 Å². The number of hydrogen-bond acceptors (Lipinski definition) is 3. The molecule has 0 radical (unpaired) electrons. The van der Waals surface area contributed by atoms with Gasteiger partial charge in [-0.2, -0.15) is 0 Å². The molecule has 3 unspecified atom stereocenters. The van der Waals surface area contributed by atoms with Crippen LogP contribution in [0.1, 0.15) is 13.8 Å². The molecule has 0 N–H and O–H groups in total. The van der Waals surface area contributed by atoms with Crippen LogP contribution in [0.3, 0.4) is 0 Å². The van der Waals surface area contributed by atoms with Gasteiger partial charge in [-0.3, -0.25) is 4.52 Å². The van der Waals surface area contributed by atoms with Crippen LogP contribution in [-0.4, -0.2) is 12.7 Å². The van der Waals surface area contributed by atoms with Crippen LogP contribution in [-0.2, 0) is 13.6 Å². The van der Waals surface area contributed by atoms with Crippen LogP contribution in [0.4, 0.5) is 0 Å². The van der Waals surface area contributed by atoms with Crippen LogP contribution in [0.2, 0.25) is 0 Å². The largest absolute Gasteiger partial charge is 0.396 e. The number of rotatable bonds is 0. The lowest BCUT2D eigenvalue weighted by atomic mass is 10.1. The summed E-state index contributed by atoms with van der Waals surface area (Å²) in [7, 11) is 0. The van der Waals surface area contributed by atoms with E-state index in [1.807, 2.05) is 13.8 Å². The van der Waals surface area contributed by atoms with Gasteiger partial charge in [-0.15, -0.1) is 0 Å². The minimum Gasteiger partial charge on any atom is -0.300 e. The van der Waals surface area contributed by atoms with Crippen molar-refractivity contribution in [1.82, 2.24) is 0 Å². The maximum Gasteiger partial charge on any atom is 0.396 e. The summed E-state index contributed by atoms with van der Waals surface area (Å²) in [5, 5.41) is 0. The van der Waals surface area contributed by atoms with E-state index in [4.69, 9.17) is 9.05 Å². The van der Waals surface area contributed by atoms with Gasteiger partial charge < -0.3 is 4.52 Å². The van der Waals surface area contributed by atoms with Crippen molar-refractivity contribution in [1.29, 1.82) is 0 Å². The maximum atomic E-state index is 11.1. The molecule has 0 aromatic rings. The van der Waals surface area contributed by atoms with E-state index in [2.05, 4.69) is 15.5 Å². The highest BCUT2D eigenvalue weighted by Crippen LogP contribution is 2.60. The molecule has 1 saturated heterocycles. The first-order chi connectivity index (χ1) is 4.51. The fraction of sp³-hybridized carbons (Fsp3) is 1.00. The molecule has 0 aliphatic carbocycles. The Morgan fingerprint density at radius 2 is 2.20 bits per heavy atom. The summed E-state index contributed by atoms with van der Waals surface area (Å²) >= 11 is 2.87. The highest BCUT2D eigenvalue weighted by atomic mass is 79.9. The SMILES string of the molecule is CC1COP(=O)(Br)OC1C. The lowest BCUT2D eigenvalue weighted by Crippen LogP contribution is -2.25. The summed E-state index contributed by atoms with van der Waals surface area (Å²) in [6, 6.07) is 0. The first-order valence-corrected chi connectivity index (χ1v) is 6.70. The Morgan fingerprint density at radius 1 is 1.60 bits per heavy atom. The standard InChI is InChI=1S/C5H10BrO3P/c1-4-3-8-10(6,7)9-5(4)2/h4-5H,3H2,1-2H3. The molecule has 1 aliphatic rings. The minimum atomic E-state index is -2.87. The van der Waals surface area contributed by atoms with Gasteiger partial charge >= 0.3 is 6.30 Å². The Balaban J connectivity index is 2.57. The number of halogens is 1. The van der Waals surface area contributed by atoms with Gasteiger partial charge in [-0.25, -0.2) is 4.57 Å². The predicted molar refractivity (Wildman–Crippen MR) is 42.2 cm³/mol. The van der Waals surface area contributed by atoms with Gasteiger partial charge in [0.05, 0.1) is 12.7 Å². The van der Waals surface area contributed by atoms with Crippen molar-refractivity contribution >= 4 is 21.8 Å². The zero-order valence-electron chi connectivity index (χ0n) is 5.91. The molecule has 3 nitrogen and oxygen atoms in total. The smallest absolute Gasteiger partial charge is 0.300 e. The second kappa shape index (κ2) is 2.94. The first-order valence-electron chi connectivity index (χ1n) is 3.14. The summed E-state index contributed by atoms with van der Waals surface area (Å²) in [5.74, 6) is 0.319. The molecule has 0 amide bonds. The zero-order valence-corrected chi connectivity index (χ0v) is 8.39. The van der Waals surface area contributed by atoms with Crippen LogP contribution in [0.5, 0.6) is 0 Å². The zero-order chi connectivity index (χ0) is 7.78. The van der Waals surface area contributed by atoms with Gasteiger partial charge in [-0.1, -0.05) is 6.92 Å². The minimum absolute atomic E-state index is 0.0129. The fourth-order valence-electron chi connectivity index (χ4n) is 0.675. The van der Waals surface area contributed by atoms with Crippen LogP contribution in [0, 0.1) is 5.92 Å². The molecule has 1 rings (SSSR count). The highest BCUT2D eigenvalue weighted by Gasteiger charge is 2.32. The normalized spacial score (nSPS) is 49.1. The Bertz CT molecular complexity index is 172. The molecule has 60 valence electrons. The second-order valence-corrected chi connectivity index (χ2v) is 6.45. The Labute approximate surface area is 68.4 Å². The Kier molecular flexibility index (Phi) is 2.56. The van der Waals surface area contributed by atoms with Crippen molar-refractivity contribution in [2.45, 2.75) is 20.0 Å². The molecular formula is C5H10BrO3P. The topological polar surface area (TPSA) is 35.5 Å². The molecule has 10 heavy (non-hydrogen) atoms. The van der Waals surface area contributed by atoms with E-state index in [9.17, 15) is 4.57 Å². The lowest BCUT2D eigenvalue weighted by Gasteiger charge is -2.28. The molecular weight excluding hydrogens is 219 g/mol.